The molecule has 0 aromatic carbocycles. The fraction of sp³-hybridized carbons (Fsp3) is 0.769. The minimum Gasteiger partial charge on any atom is -0.467 e. The SMILES string of the molecule is COC(=O)C1C[C@H](OCCF)C(=O)N1C(=O)OC(C)(C)C. The zero-order valence-corrected chi connectivity index (χ0v) is 12.6. The number of ether oxygens (including phenoxy) is 3. The largest absolute Gasteiger partial charge is 0.467 e. The molecule has 0 aliphatic carbocycles. The van der Waals surface area contributed by atoms with Gasteiger partial charge in [-0.3, -0.25) is 4.79 Å². The number of alkyl halides is 1. The smallest absolute Gasteiger partial charge is 0.417 e. The van der Waals surface area contributed by atoms with E-state index in [4.69, 9.17) is 9.47 Å². The van der Waals surface area contributed by atoms with Crippen LogP contribution in [0.2, 0.25) is 0 Å². The van der Waals surface area contributed by atoms with E-state index in [1.54, 1.807) is 20.8 Å². The summed E-state index contributed by atoms with van der Waals surface area (Å²) in [5.74, 6) is -1.48. The third kappa shape index (κ3) is 4.38. The van der Waals surface area contributed by atoms with E-state index in [9.17, 15) is 18.8 Å². The second-order valence-corrected chi connectivity index (χ2v) is 5.51. The van der Waals surface area contributed by atoms with Gasteiger partial charge in [0.15, 0.2) is 0 Å². The van der Waals surface area contributed by atoms with Crippen molar-refractivity contribution in [2.24, 2.45) is 0 Å². The number of hydrogen-bond acceptors (Lipinski definition) is 6. The molecule has 7 nitrogen and oxygen atoms in total. The highest BCUT2D eigenvalue weighted by Crippen LogP contribution is 2.25. The van der Waals surface area contributed by atoms with Gasteiger partial charge in [0.1, 0.15) is 24.4 Å². The molecule has 0 radical (unpaired) electrons. The van der Waals surface area contributed by atoms with Crippen LogP contribution in [0, 0.1) is 0 Å². The van der Waals surface area contributed by atoms with Crippen LogP contribution in [0.3, 0.4) is 0 Å². The Labute approximate surface area is 122 Å². The Bertz CT molecular complexity index is 419. The average Bonchev–Trinajstić information content (AvgIpc) is 2.70. The molecule has 2 atom stereocenters. The number of methoxy groups -OCH3 is 1. The lowest BCUT2D eigenvalue weighted by molar-refractivity contribution is -0.149. The number of rotatable bonds is 4. The molecule has 1 fully saturated rings. The van der Waals surface area contributed by atoms with Gasteiger partial charge in [-0.25, -0.2) is 18.9 Å². The van der Waals surface area contributed by atoms with Crippen molar-refractivity contribution in [1.29, 1.82) is 0 Å². The number of nitrogens with zero attached hydrogens (tertiary/aromatic N) is 1. The van der Waals surface area contributed by atoms with E-state index >= 15 is 0 Å². The lowest BCUT2D eigenvalue weighted by atomic mass is 10.2. The summed E-state index contributed by atoms with van der Waals surface area (Å²) in [4.78, 5) is 36.6. The summed E-state index contributed by atoms with van der Waals surface area (Å²) >= 11 is 0. The molecule has 120 valence electrons. The van der Waals surface area contributed by atoms with E-state index < -0.39 is 42.4 Å². The molecule has 2 amide bonds. The maximum atomic E-state index is 12.1. The van der Waals surface area contributed by atoms with Crippen molar-refractivity contribution >= 4 is 18.0 Å². The molecule has 0 bridgehead atoms. The van der Waals surface area contributed by atoms with Gasteiger partial charge >= 0.3 is 12.1 Å². The number of amides is 2. The second-order valence-electron chi connectivity index (χ2n) is 5.51. The lowest BCUT2D eigenvalue weighted by Gasteiger charge is -2.26. The second kappa shape index (κ2) is 6.84. The van der Waals surface area contributed by atoms with E-state index in [1.807, 2.05) is 0 Å². The molecule has 0 spiro atoms. The molecule has 0 aromatic rings. The Morgan fingerprint density at radius 2 is 2.00 bits per heavy atom. The maximum Gasteiger partial charge on any atom is 0.417 e. The van der Waals surface area contributed by atoms with Gasteiger partial charge in [0.05, 0.1) is 13.7 Å². The van der Waals surface area contributed by atoms with Crippen LogP contribution in [0.4, 0.5) is 9.18 Å². The molecule has 1 aliphatic heterocycles. The van der Waals surface area contributed by atoms with Gasteiger partial charge in [-0.05, 0) is 20.8 Å². The predicted octanol–water partition coefficient (Wildman–Crippen LogP) is 1.05. The molecule has 0 aromatic heterocycles. The average molecular weight is 305 g/mol. The highest BCUT2D eigenvalue weighted by molar-refractivity contribution is 6.01. The van der Waals surface area contributed by atoms with Crippen molar-refractivity contribution in [3.05, 3.63) is 0 Å². The number of hydrogen-bond donors (Lipinski definition) is 0. The first kappa shape index (κ1) is 17.4. The van der Waals surface area contributed by atoms with Crippen LogP contribution in [-0.4, -0.2) is 61.0 Å². The first-order valence-corrected chi connectivity index (χ1v) is 6.52. The number of esters is 1. The highest BCUT2D eigenvalue weighted by Gasteiger charge is 2.49. The Balaban J connectivity index is 2.92. The number of carbonyl (C=O) groups is 3. The summed E-state index contributed by atoms with van der Waals surface area (Å²) in [6.45, 7) is 3.85. The van der Waals surface area contributed by atoms with Gasteiger partial charge in [0.2, 0.25) is 0 Å². The topological polar surface area (TPSA) is 82.1 Å². The number of likely N-dealkylation sites (tertiary alicyclic amines) is 1. The van der Waals surface area contributed by atoms with Crippen LogP contribution in [0.15, 0.2) is 0 Å². The minimum atomic E-state index is -1.12. The molecule has 8 heteroatoms. The molecular weight excluding hydrogens is 285 g/mol. The molecule has 21 heavy (non-hydrogen) atoms. The van der Waals surface area contributed by atoms with Gasteiger partial charge in [-0.2, -0.15) is 0 Å². The van der Waals surface area contributed by atoms with Gasteiger partial charge in [0, 0.05) is 6.42 Å². The van der Waals surface area contributed by atoms with Gasteiger partial charge in [-0.1, -0.05) is 0 Å². The number of imide groups is 1. The van der Waals surface area contributed by atoms with Gasteiger partial charge in [-0.15, -0.1) is 0 Å². The molecule has 1 heterocycles. The van der Waals surface area contributed by atoms with Gasteiger partial charge in [0.25, 0.3) is 5.91 Å². The van der Waals surface area contributed by atoms with E-state index in [2.05, 4.69) is 4.74 Å². The van der Waals surface area contributed by atoms with Crippen LogP contribution in [0.1, 0.15) is 27.2 Å². The lowest BCUT2D eigenvalue weighted by Crippen LogP contribution is -2.46. The van der Waals surface area contributed by atoms with Gasteiger partial charge < -0.3 is 14.2 Å². The fourth-order valence-corrected chi connectivity index (χ4v) is 1.91. The van der Waals surface area contributed by atoms with Crippen LogP contribution in [-0.2, 0) is 23.8 Å². The molecule has 1 saturated heterocycles. The Morgan fingerprint density at radius 3 is 2.48 bits per heavy atom. The molecule has 0 saturated carbocycles. The first-order chi connectivity index (χ1) is 9.71. The summed E-state index contributed by atoms with van der Waals surface area (Å²) in [6, 6.07) is -1.12. The van der Waals surface area contributed by atoms with Crippen molar-refractivity contribution in [3.8, 4) is 0 Å². The van der Waals surface area contributed by atoms with E-state index in [0.717, 1.165) is 7.11 Å². The Morgan fingerprint density at radius 1 is 1.38 bits per heavy atom. The molecule has 1 rings (SSSR count). The van der Waals surface area contributed by atoms with E-state index in [-0.39, 0.29) is 13.0 Å². The predicted molar refractivity (Wildman–Crippen MR) is 69.2 cm³/mol. The van der Waals surface area contributed by atoms with Crippen LogP contribution >= 0.6 is 0 Å². The number of halogens is 1. The van der Waals surface area contributed by atoms with E-state index in [0.29, 0.717) is 4.90 Å². The van der Waals surface area contributed by atoms with Crippen molar-refractivity contribution in [2.75, 3.05) is 20.4 Å². The van der Waals surface area contributed by atoms with Crippen molar-refractivity contribution in [2.45, 2.75) is 44.9 Å². The standard InChI is InChI=1S/C13H20FNO6/c1-13(2,3)21-12(18)15-8(11(17)19-4)7-9(10(15)16)20-6-5-14/h8-9H,5-7H2,1-4H3/t8?,9-/m0/s1. The number of carbonyl (C=O) groups excluding carboxylic acids is 3. The zero-order valence-electron chi connectivity index (χ0n) is 12.6. The Kier molecular flexibility index (Phi) is 5.65. The van der Waals surface area contributed by atoms with Crippen LogP contribution in [0.25, 0.3) is 0 Å². The Hall–Kier alpha value is -1.70. The molecule has 1 unspecified atom stereocenters. The summed E-state index contributed by atoms with van der Waals surface area (Å²) in [7, 11) is 1.15. The highest BCUT2D eigenvalue weighted by atomic mass is 19.1. The third-order valence-corrected chi connectivity index (χ3v) is 2.72. The third-order valence-electron chi connectivity index (χ3n) is 2.72. The molecular formula is C13H20FNO6. The normalized spacial score (nSPS) is 22.3. The van der Waals surface area contributed by atoms with Crippen molar-refractivity contribution in [1.82, 2.24) is 4.90 Å². The van der Waals surface area contributed by atoms with Crippen molar-refractivity contribution < 1.29 is 33.0 Å². The summed E-state index contributed by atoms with van der Waals surface area (Å²) in [5, 5.41) is 0. The fourth-order valence-electron chi connectivity index (χ4n) is 1.91. The van der Waals surface area contributed by atoms with Crippen molar-refractivity contribution in [3.63, 3.8) is 0 Å². The summed E-state index contributed by atoms with van der Waals surface area (Å²) in [5.41, 5.74) is -0.823. The molecule has 0 N–H and O–H groups in total. The first-order valence-electron chi connectivity index (χ1n) is 6.52. The zero-order chi connectivity index (χ0) is 16.2. The molecule has 1 aliphatic rings. The quantitative estimate of drug-likeness (QED) is 0.722. The summed E-state index contributed by atoms with van der Waals surface area (Å²) < 4.78 is 26.8. The maximum absolute atomic E-state index is 12.1. The monoisotopic (exact) mass is 305 g/mol. The summed E-state index contributed by atoms with van der Waals surface area (Å²) in [6.07, 6.45) is -2.09. The van der Waals surface area contributed by atoms with E-state index in [1.165, 1.54) is 0 Å². The van der Waals surface area contributed by atoms with Crippen LogP contribution < -0.4 is 0 Å². The minimum absolute atomic E-state index is 0.0786. The van der Waals surface area contributed by atoms with Crippen LogP contribution in [0.5, 0.6) is 0 Å².